The van der Waals surface area contributed by atoms with E-state index in [4.69, 9.17) is 85.4 Å². The number of halogens is 6. The maximum absolute atomic E-state index is 12.6. The standard InChI is InChI=1S/3C22H20Cl2N2O/c3*1-22-9-8-17(16-7-2-13(11-25)10-19(16)24)20(18(22)12-26-21(22)27)14-3-5-15(23)6-4-14/h3*2-7,10,17-18,20H,8-9,12H2,1H3,(H,26,27)/t3*17-,18-,20-,22+/m100/s1. The first-order chi connectivity index (χ1) is 38.8. The summed E-state index contributed by atoms with van der Waals surface area (Å²) in [5, 5.41) is 40.6. The minimum Gasteiger partial charge on any atom is -0.355 e. The minimum atomic E-state index is -0.361. The smallest absolute Gasteiger partial charge is 0.226 e. The molecule has 3 N–H and O–H groups in total. The lowest BCUT2D eigenvalue weighted by Gasteiger charge is -2.45. The van der Waals surface area contributed by atoms with Gasteiger partial charge in [0.2, 0.25) is 17.7 Å². The molecule has 0 spiro atoms. The number of nitrogens with zero attached hydrogens (tertiary/aromatic N) is 3. The van der Waals surface area contributed by atoms with E-state index in [1.54, 1.807) is 18.2 Å². The summed E-state index contributed by atoms with van der Waals surface area (Å²) in [6.07, 6.45) is 5.11. The van der Waals surface area contributed by atoms with Gasteiger partial charge in [0.1, 0.15) is 0 Å². The molecule has 0 aromatic heterocycles. The van der Waals surface area contributed by atoms with E-state index in [1.807, 2.05) is 72.8 Å². The summed E-state index contributed by atoms with van der Waals surface area (Å²) in [5.41, 5.74) is 7.29. The molecule has 3 saturated carbocycles. The fourth-order valence-electron chi connectivity index (χ4n) is 14.8. The third-order valence-electron chi connectivity index (χ3n) is 19.3. The second-order valence-corrected chi connectivity index (χ2v) is 25.9. The Kier molecular flexibility index (Phi) is 17.0. The monoisotopic (exact) mass is 1190 g/mol. The first kappa shape index (κ1) is 58.1. The molecule has 0 bridgehead atoms. The first-order valence-electron chi connectivity index (χ1n) is 27.5. The number of fused-ring (bicyclic) bond motifs is 3. The van der Waals surface area contributed by atoms with E-state index in [2.05, 4.69) is 91.3 Å². The van der Waals surface area contributed by atoms with Gasteiger partial charge in [0, 0.05) is 49.8 Å². The van der Waals surface area contributed by atoms with Crippen LogP contribution in [0.3, 0.4) is 0 Å². The quantitative estimate of drug-likeness (QED) is 0.151. The number of rotatable bonds is 6. The third kappa shape index (κ3) is 11.1. The number of nitriles is 3. The molecule has 81 heavy (non-hydrogen) atoms. The Morgan fingerprint density at radius 1 is 0.395 bits per heavy atom. The molecule has 3 aliphatic heterocycles. The van der Waals surface area contributed by atoms with Crippen molar-refractivity contribution in [3.63, 3.8) is 0 Å². The van der Waals surface area contributed by atoms with Crippen LogP contribution in [-0.4, -0.2) is 37.4 Å². The molecule has 15 heteroatoms. The molecule has 3 aliphatic carbocycles. The van der Waals surface area contributed by atoms with Crippen LogP contribution in [0.5, 0.6) is 0 Å². The van der Waals surface area contributed by atoms with Crippen LogP contribution in [0.15, 0.2) is 127 Å². The van der Waals surface area contributed by atoms with Crippen molar-refractivity contribution >= 4 is 87.3 Å². The molecule has 6 aliphatic rings. The van der Waals surface area contributed by atoms with Crippen molar-refractivity contribution in [3.8, 4) is 18.2 Å². The molecule has 12 atom stereocenters. The summed E-state index contributed by atoms with van der Waals surface area (Å²) in [6, 6.07) is 46.8. The zero-order valence-electron chi connectivity index (χ0n) is 45.0. The second kappa shape index (κ2) is 23.7. The van der Waals surface area contributed by atoms with Crippen LogP contribution in [0.25, 0.3) is 0 Å². The van der Waals surface area contributed by atoms with Crippen LogP contribution in [0.1, 0.15) is 145 Å². The highest BCUT2D eigenvalue weighted by Crippen LogP contribution is 2.60. The summed E-state index contributed by atoms with van der Waals surface area (Å²) >= 11 is 38.0. The molecule has 0 radical (unpaired) electrons. The van der Waals surface area contributed by atoms with Crippen LogP contribution >= 0.6 is 69.6 Å². The van der Waals surface area contributed by atoms with Crippen LogP contribution in [0.2, 0.25) is 30.1 Å². The Balaban J connectivity index is 0.000000136. The summed E-state index contributed by atoms with van der Waals surface area (Å²) in [4.78, 5) is 37.7. The third-order valence-corrected chi connectivity index (χ3v) is 21.1. The van der Waals surface area contributed by atoms with Gasteiger partial charge in [-0.3, -0.25) is 14.4 Å². The van der Waals surface area contributed by atoms with E-state index >= 15 is 0 Å². The number of amides is 3. The van der Waals surface area contributed by atoms with Crippen LogP contribution in [0.4, 0.5) is 0 Å². The highest BCUT2D eigenvalue weighted by atomic mass is 35.5. The van der Waals surface area contributed by atoms with Gasteiger partial charge in [-0.05, 0) is 198 Å². The molecule has 3 amide bonds. The first-order valence-corrected chi connectivity index (χ1v) is 29.8. The van der Waals surface area contributed by atoms with Gasteiger partial charge >= 0.3 is 0 Å². The van der Waals surface area contributed by atoms with Crippen molar-refractivity contribution in [1.29, 1.82) is 15.8 Å². The lowest BCUT2D eigenvalue weighted by atomic mass is 9.57. The number of nitrogens with one attached hydrogen (secondary N) is 3. The van der Waals surface area contributed by atoms with Gasteiger partial charge in [0.15, 0.2) is 0 Å². The molecule has 414 valence electrons. The van der Waals surface area contributed by atoms with Crippen LogP contribution in [-0.2, 0) is 14.4 Å². The fourth-order valence-corrected chi connectivity index (χ4v) is 16.1. The summed E-state index contributed by atoms with van der Waals surface area (Å²) < 4.78 is 0. The summed E-state index contributed by atoms with van der Waals surface area (Å²) in [7, 11) is 0. The highest BCUT2D eigenvalue weighted by Gasteiger charge is 2.57. The summed E-state index contributed by atoms with van der Waals surface area (Å²) in [6.45, 7) is 8.27. The van der Waals surface area contributed by atoms with Crippen molar-refractivity contribution in [3.05, 3.63) is 208 Å². The molecule has 3 heterocycles. The average Bonchev–Trinajstić information content (AvgIpc) is 3.33. The van der Waals surface area contributed by atoms with E-state index in [9.17, 15) is 14.4 Å². The Morgan fingerprint density at radius 3 is 0.864 bits per heavy atom. The molecule has 6 aromatic carbocycles. The SMILES string of the molecule is C[C@@]12CC[C@@H](c3ccc(C#N)cc3Cl)[C@H](c3ccc(Cl)cc3)[C@@H]1CNC2=O.C[C@@]12CC[C@@H](c3ccc(C#N)cc3Cl)[C@H](c3ccc(Cl)cc3)[C@@H]1CNC2=O.C[C@]12CC[C@H](c3ccc(C#N)cc3Cl)[C@@H](c3ccc(Cl)cc3)[C@H]1CNC2=O. The molecule has 0 unspecified atom stereocenters. The van der Waals surface area contributed by atoms with E-state index in [0.29, 0.717) is 66.5 Å². The van der Waals surface area contributed by atoms with Gasteiger partial charge < -0.3 is 16.0 Å². The fraction of sp³-hybridized carbons (Fsp3) is 0.364. The van der Waals surface area contributed by atoms with Crippen molar-refractivity contribution in [1.82, 2.24) is 16.0 Å². The average molecular weight is 1200 g/mol. The number of carbonyl (C=O) groups is 3. The molecule has 6 aromatic rings. The molecule has 3 saturated heterocycles. The van der Waals surface area contributed by atoms with Crippen LogP contribution < -0.4 is 16.0 Å². The van der Waals surface area contributed by atoms with E-state index in [0.717, 1.165) is 55.2 Å². The van der Waals surface area contributed by atoms with Gasteiger partial charge in [-0.1, -0.05) is 145 Å². The normalized spacial score (nSPS) is 29.7. The van der Waals surface area contributed by atoms with Gasteiger partial charge in [-0.25, -0.2) is 0 Å². The number of hydrogen-bond donors (Lipinski definition) is 3. The van der Waals surface area contributed by atoms with Crippen molar-refractivity contribution < 1.29 is 14.4 Å². The van der Waals surface area contributed by atoms with E-state index in [-0.39, 0.29) is 87.2 Å². The number of hydrogen-bond acceptors (Lipinski definition) is 6. The number of benzene rings is 6. The zero-order chi connectivity index (χ0) is 57.5. The predicted octanol–water partition coefficient (Wildman–Crippen LogP) is 15.8. The number of carbonyl (C=O) groups excluding carboxylic acids is 3. The van der Waals surface area contributed by atoms with Crippen LogP contribution in [0, 0.1) is 68.0 Å². The second-order valence-electron chi connectivity index (χ2n) is 23.4. The molecular formula is C66H60Cl6N6O3. The Hall–Kier alpha value is -6.06. The zero-order valence-corrected chi connectivity index (χ0v) is 49.6. The van der Waals surface area contributed by atoms with E-state index < -0.39 is 0 Å². The predicted molar refractivity (Wildman–Crippen MR) is 321 cm³/mol. The maximum atomic E-state index is 12.6. The van der Waals surface area contributed by atoms with Gasteiger partial charge in [-0.2, -0.15) is 15.8 Å². The highest BCUT2D eigenvalue weighted by molar-refractivity contribution is 6.32. The Bertz CT molecular complexity index is 3170. The molecule has 6 fully saturated rings. The molecular weight excluding hydrogens is 1140 g/mol. The van der Waals surface area contributed by atoms with Crippen molar-refractivity contribution in [2.75, 3.05) is 19.6 Å². The molecule has 12 rings (SSSR count). The minimum absolute atomic E-state index is 0.149. The van der Waals surface area contributed by atoms with Crippen molar-refractivity contribution in [2.24, 2.45) is 34.0 Å². The molecule has 9 nitrogen and oxygen atoms in total. The topological polar surface area (TPSA) is 159 Å². The van der Waals surface area contributed by atoms with Gasteiger partial charge in [-0.15, -0.1) is 0 Å². The summed E-state index contributed by atoms with van der Waals surface area (Å²) in [5.74, 6) is 2.07. The maximum Gasteiger partial charge on any atom is 0.226 e. The lowest BCUT2D eigenvalue weighted by molar-refractivity contribution is -0.130. The van der Waals surface area contributed by atoms with Gasteiger partial charge in [0.25, 0.3) is 0 Å². The van der Waals surface area contributed by atoms with E-state index in [1.165, 1.54) is 16.7 Å². The lowest BCUT2D eigenvalue weighted by Crippen LogP contribution is -2.41. The Morgan fingerprint density at radius 2 is 0.642 bits per heavy atom. The Labute approximate surface area is 504 Å². The largest absolute Gasteiger partial charge is 0.355 e. The van der Waals surface area contributed by atoms with Crippen molar-refractivity contribution in [2.45, 2.75) is 94.8 Å². The van der Waals surface area contributed by atoms with Gasteiger partial charge in [0.05, 0.1) is 51.1 Å².